The number of hydrogen-bond donors (Lipinski definition) is 2. The maximum atomic E-state index is 12.0. The number of para-hydroxylation sites is 1. The maximum absolute atomic E-state index is 12.0. The largest absolute Gasteiger partial charge is 0.458 e. The fraction of sp³-hybridized carbons (Fsp3) is 0.286. The molecule has 1 aliphatic rings. The van der Waals surface area contributed by atoms with Gasteiger partial charge in [0, 0.05) is 17.4 Å². The average Bonchev–Trinajstić information content (AvgIpc) is 2.77. The van der Waals surface area contributed by atoms with E-state index in [0.29, 0.717) is 29.7 Å². The quantitative estimate of drug-likeness (QED) is 0.800. The van der Waals surface area contributed by atoms with Crippen LogP contribution >= 0.6 is 0 Å². The highest BCUT2D eigenvalue weighted by Gasteiger charge is 2.32. The summed E-state index contributed by atoms with van der Waals surface area (Å²) in [6.07, 6.45) is 0.752. The number of benzene rings is 1. The van der Waals surface area contributed by atoms with Crippen LogP contribution in [0.1, 0.15) is 30.1 Å². The molecule has 1 atom stereocenters. The summed E-state index contributed by atoms with van der Waals surface area (Å²) in [6.45, 7) is -0.262. The smallest absolute Gasteiger partial charge is 0.234 e. The molecule has 5 heteroatoms. The summed E-state index contributed by atoms with van der Waals surface area (Å²) in [7, 11) is 0. The summed E-state index contributed by atoms with van der Waals surface area (Å²) < 4.78 is 5.56. The predicted molar refractivity (Wildman–Crippen MR) is 67.3 cm³/mol. The first-order valence-electron chi connectivity index (χ1n) is 6.15. The number of furan rings is 1. The van der Waals surface area contributed by atoms with Gasteiger partial charge in [0.25, 0.3) is 0 Å². The molecule has 1 fully saturated rings. The molecule has 1 aliphatic heterocycles. The summed E-state index contributed by atoms with van der Waals surface area (Å²) in [5.41, 5.74) is 1.34. The molecule has 1 aromatic heterocycles. The maximum Gasteiger partial charge on any atom is 0.234 e. The Morgan fingerprint density at radius 3 is 2.84 bits per heavy atom. The van der Waals surface area contributed by atoms with Gasteiger partial charge in [-0.15, -0.1) is 0 Å². The highest BCUT2D eigenvalue weighted by molar-refractivity contribution is 6.03. The van der Waals surface area contributed by atoms with Crippen molar-refractivity contribution in [2.45, 2.75) is 25.4 Å². The van der Waals surface area contributed by atoms with Gasteiger partial charge < -0.3 is 9.52 Å². The molecule has 3 rings (SSSR count). The van der Waals surface area contributed by atoms with Crippen molar-refractivity contribution in [1.29, 1.82) is 0 Å². The summed E-state index contributed by atoms with van der Waals surface area (Å²) in [6, 6.07) is 7.34. The minimum atomic E-state index is -0.441. The standard InChI is InChI=1S/C14H13NO4/c16-7-11-13(8-3-1-2-4-10(8)19-11)9-5-6-12(17)15-14(9)18/h1-4,9,16H,5-7H2,(H,15,17,18). The minimum absolute atomic E-state index is 0.250. The van der Waals surface area contributed by atoms with Gasteiger partial charge in [0.2, 0.25) is 11.8 Å². The Balaban J connectivity index is 2.13. The van der Waals surface area contributed by atoms with Crippen LogP contribution in [-0.4, -0.2) is 16.9 Å². The van der Waals surface area contributed by atoms with E-state index in [1.165, 1.54) is 0 Å². The van der Waals surface area contributed by atoms with E-state index < -0.39 is 5.92 Å². The van der Waals surface area contributed by atoms with Crippen molar-refractivity contribution in [2.75, 3.05) is 0 Å². The first-order chi connectivity index (χ1) is 9.20. The number of amides is 2. The fourth-order valence-electron chi connectivity index (χ4n) is 2.58. The van der Waals surface area contributed by atoms with E-state index in [9.17, 15) is 14.7 Å². The van der Waals surface area contributed by atoms with Crippen LogP contribution in [0.2, 0.25) is 0 Å². The first kappa shape index (κ1) is 11.9. The lowest BCUT2D eigenvalue weighted by Crippen LogP contribution is -2.39. The van der Waals surface area contributed by atoms with Crippen molar-refractivity contribution >= 4 is 22.8 Å². The Bertz CT molecular complexity index is 659. The SMILES string of the molecule is O=C1CCC(c2c(CO)oc3ccccc23)C(=O)N1. The van der Waals surface area contributed by atoms with Gasteiger partial charge in [-0.2, -0.15) is 0 Å². The normalized spacial score (nSPS) is 19.7. The van der Waals surface area contributed by atoms with Crippen LogP contribution in [0.3, 0.4) is 0 Å². The van der Waals surface area contributed by atoms with Crippen molar-refractivity contribution in [1.82, 2.24) is 5.32 Å². The summed E-state index contributed by atoms with van der Waals surface area (Å²) in [5, 5.41) is 12.5. The lowest BCUT2D eigenvalue weighted by Gasteiger charge is -2.20. The van der Waals surface area contributed by atoms with E-state index in [-0.39, 0.29) is 18.4 Å². The number of fused-ring (bicyclic) bond motifs is 1. The number of nitrogens with one attached hydrogen (secondary N) is 1. The number of aliphatic hydroxyl groups is 1. The van der Waals surface area contributed by atoms with Gasteiger partial charge in [-0.1, -0.05) is 18.2 Å². The third-order valence-corrected chi connectivity index (χ3v) is 3.44. The van der Waals surface area contributed by atoms with E-state index in [4.69, 9.17) is 4.42 Å². The molecule has 1 saturated heterocycles. The van der Waals surface area contributed by atoms with Crippen molar-refractivity contribution < 1.29 is 19.1 Å². The van der Waals surface area contributed by atoms with E-state index in [1.807, 2.05) is 18.2 Å². The topological polar surface area (TPSA) is 79.5 Å². The Labute approximate surface area is 109 Å². The molecular formula is C14H13NO4. The van der Waals surface area contributed by atoms with Gasteiger partial charge in [0.15, 0.2) is 0 Å². The summed E-state index contributed by atoms with van der Waals surface area (Å²) in [5.74, 6) is -0.615. The monoisotopic (exact) mass is 259 g/mol. The predicted octanol–water partition coefficient (Wildman–Crippen LogP) is 1.45. The molecule has 19 heavy (non-hydrogen) atoms. The van der Waals surface area contributed by atoms with Crippen LogP contribution < -0.4 is 5.32 Å². The van der Waals surface area contributed by atoms with Crippen LogP contribution in [0.25, 0.3) is 11.0 Å². The average molecular weight is 259 g/mol. The van der Waals surface area contributed by atoms with E-state index >= 15 is 0 Å². The number of aliphatic hydroxyl groups excluding tert-OH is 1. The molecule has 1 unspecified atom stereocenters. The van der Waals surface area contributed by atoms with Gasteiger partial charge in [-0.25, -0.2) is 0 Å². The van der Waals surface area contributed by atoms with Gasteiger partial charge in [0.1, 0.15) is 18.0 Å². The van der Waals surface area contributed by atoms with Crippen molar-refractivity contribution in [2.24, 2.45) is 0 Å². The van der Waals surface area contributed by atoms with Gasteiger partial charge in [0.05, 0.1) is 5.92 Å². The lowest BCUT2D eigenvalue weighted by atomic mass is 9.88. The number of rotatable bonds is 2. The van der Waals surface area contributed by atoms with E-state index in [1.54, 1.807) is 6.07 Å². The number of carbonyl (C=O) groups excluding carboxylic acids is 2. The highest BCUT2D eigenvalue weighted by atomic mass is 16.4. The Hall–Kier alpha value is -2.14. The van der Waals surface area contributed by atoms with Gasteiger partial charge in [-0.05, 0) is 12.5 Å². The molecule has 1 aromatic carbocycles. The zero-order valence-electron chi connectivity index (χ0n) is 10.2. The second kappa shape index (κ2) is 4.51. The van der Waals surface area contributed by atoms with Crippen LogP contribution in [0.5, 0.6) is 0 Å². The van der Waals surface area contributed by atoms with Crippen LogP contribution in [-0.2, 0) is 16.2 Å². The third kappa shape index (κ3) is 1.92. The molecule has 0 saturated carbocycles. The van der Waals surface area contributed by atoms with Crippen molar-refractivity contribution in [3.8, 4) is 0 Å². The molecule has 0 aliphatic carbocycles. The second-order valence-corrected chi connectivity index (χ2v) is 4.60. The number of hydrogen-bond acceptors (Lipinski definition) is 4. The van der Waals surface area contributed by atoms with Gasteiger partial charge in [-0.3, -0.25) is 14.9 Å². The van der Waals surface area contributed by atoms with Crippen molar-refractivity contribution in [3.05, 3.63) is 35.6 Å². The number of imide groups is 1. The zero-order valence-corrected chi connectivity index (χ0v) is 10.2. The number of carbonyl (C=O) groups is 2. The Morgan fingerprint density at radius 1 is 1.32 bits per heavy atom. The molecule has 2 aromatic rings. The van der Waals surface area contributed by atoms with Crippen molar-refractivity contribution in [3.63, 3.8) is 0 Å². The lowest BCUT2D eigenvalue weighted by molar-refractivity contribution is -0.134. The molecule has 0 radical (unpaired) electrons. The number of piperidine rings is 1. The van der Waals surface area contributed by atoms with Crippen LogP contribution in [0.4, 0.5) is 0 Å². The molecule has 2 heterocycles. The molecule has 2 amide bonds. The third-order valence-electron chi connectivity index (χ3n) is 3.44. The summed E-state index contributed by atoms with van der Waals surface area (Å²) >= 11 is 0. The summed E-state index contributed by atoms with van der Waals surface area (Å²) in [4.78, 5) is 23.2. The van der Waals surface area contributed by atoms with E-state index in [0.717, 1.165) is 5.39 Å². The molecule has 98 valence electrons. The van der Waals surface area contributed by atoms with Crippen LogP contribution in [0.15, 0.2) is 28.7 Å². The van der Waals surface area contributed by atoms with Gasteiger partial charge >= 0.3 is 0 Å². The molecule has 2 N–H and O–H groups in total. The zero-order chi connectivity index (χ0) is 13.4. The Kier molecular flexibility index (Phi) is 2.83. The Morgan fingerprint density at radius 2 is 2.11 bits per heavy atom. The second-order valence-electron chi connectivity index (χ2n) is 4.60. The molecule has 0 spiro atoms. The van der Waals surface area contributed by atoms with Crippen LogP contribution in [0, 0.1) is 0 Å². The minimum Gasteiger partial charge on any atom is -0.458 e. The molecule has 5 nitrogen and oxygen atoms in total. The fourth-order valence-corrected chi connectivity index (χ4v) is 2.58. The highest BCUT2D eigenvalue weighted by Crippen LogP contribution is 2.35. The molecule has 0 bridgehead atoms. The van der Waals surface area contributed by atoms with E-state index in [2.05, 4.69) is 5.32 Å². The molecular weight excluding hydrogens is 246 g/mol. The first-order valence-corrected chi connectivity index (χ1v) is 6.15.